The van der Waals surface area contributed by atoms with Crippen LogP contribution in [0.1, 0.15) is 49.9 Å². The minimum Gasteiger partial charge on any atom is -0.780 e. The van der Waals surface area contributed by atoms with Crippen LogP contribution in [0.25, 0.3) is 22.3 Å². The number of guanidine groups is 1. The molecule has 9 rings (SSSR count). The minimum absolute atomic E-state index is 0.0264. The van der Waals surface area contributed by atoms with Crippen molar-refractivity contribution in [2.45, 2.75) is 80.8 Å². The van der Waals surface area contributed by atoms with Crippen LogP contribution in [0, 0.1) is 0 Å². The Balaban J connectivity index is 0.882. The molecule has 0 spiro atoms. The summed E-state index contributed by atoms with van der Waals surface area (Å²) in [5.41, 5.74) is 19.2. The second-order valence-corrected chi connectivity index (χ2v) is 21.5. The summed E-state index contributed by atoms with van der Waals surface area (Å²) in [6.07, 6.45) is -3.53. The summed E-state index contributed by atoms with van der Waals surface area (Å²) < 4.78 is 63.0. The number of nitrogens with two attached hydrogens (primary N) is 3. The van der Waals surface area contributed by atoms with E-state index >= 15 is 0 Å². The monoisotopic (exact) mass is 1000 g/mol. The van der Waals surface area contributed by atoms with Gasteiger partial charge in [0, 0.05) is 19.3 Å². The number of aliphatic hydroxyl groups is 2. The Labute approximate surface area is 376 Å². The molecule has 4 unspecified atom stereocenters. The number of imidazole rings is 3. The Morgan fingerprint density at radius 3 is 1.83 bits per heavy atom. The fourth-order valence-electron chi connectivity index (χ4n) is 7.58. The lowest BCUT2D eigenvalue weighted by atomic mass is 10.2. The highest BCUT2D eigenvalue weighted by Crippen LogP contribution is 2.50. The molecule has 3 saturated heterocycles. The van der Waals surface area contributed by atoms with E-state index in [2.05, 4.69) is 45.2 Å². The van der Waals surface area contributed by atoms with Crippen molar-refractivity contribution in [2.75, 3.05) is 36.6 Å². The Bertz CT molecular complexity index is 2700. The Morgan fingerprint density at radius 1 is 0.766 bits per heavy atom. The molecule has 0 bridgehead atoms. The summed E-state index contributed by atoms with van der Waals surface area (Å²) in [4.78, 5) is 60.7. The van der Waals surface area contributed by atoms with E-state index in [0.717, 1.165) is 0 Å². The van der Waals surface area contributed by atoms with Crippen molar-refractivity contribution in [1.82, 2.24) is 48.6 Å². The topological polar surface area (TPSA) is 385 Å². The van der Waals surface area contributed by atoms with Gasteiger partial charge in [-0.3, -0.25) is 13.7 Å². The van der Waals surface area contributed by atoms with E-state index in [1.165, 1.54) is 40.8 Å². The second-order valence-electron chi connectivity index (χ2n) is 14.5. The van der Waals surface area contributed by atoms with Crippen LogP contribution >= 0.6 is 20.7 Å². The molecular formula is C30H36N15O13P3S3-2. The van der Waals surface area contributed by atoms with E-state index in [1.807, 2.05) is 0 Å². The molecule has 344 valence electrons. The van der Waals surface area contributed by atoms with Crippen LogP contribution in [0.2, 0.25) is 0 Å². The van der Waals surface area contributed by atoms with Crippen molar-refractivity contribution in [1.29, 1.82) is 0 Å². The van der Waals surface area contributed by atoms with Gasteiger partial charge in [-0.2, -0.15) is 4.52 Å². The predicted molar refractivity (Wildman–Crippen MR) is 225 cm³/mol. The molecule has 34 heteroatoms. The molecule has 4 aliphatic heterocycles. The zero-order valence-corrected chi connectivity index (χ0v) is 37.6. The molecule has 0 radical (unpaired) electrons. The van der Waals surface area contributed by atoms with Crippen molar-refractivity contribution in [2.24, 2.45) is 10.7 Å². The van der Waals surface area contributed by atoms with E-state index in [4.69, 9.17) is 89.9 Å². The highest BCUT2D eigenvalue weighted by molar-refractivity contribution is 8.25. The number of rotatable bonds is 16. The fourth-order valence-corrected chi connectivity index (χ4v) is 10.9. The molecule has 0 aromatic carbocycles. The molecule has 9 N–H and O–H groups in total. The number of aliphatic imine (C=N–C) groups is 1. The lowest BCUT2D eigenvalue weighted by molar-refractivity contribution is -0.219. The Hall–Kier alpha value is -3.55. The van der Waals surface area contributed by atoms with Crippen LogP contribution in [0.4, 0.5) is 17.5 Å². The molecule has 9 heterocycles. The third kappa shape index (κ3) is 9.51. The molecule has 5 aromatic rings. The van der Waals surface area contributed by atoms with Crippen LogP contribution in [0.3, 0.4) is 0 Å². The van der Waals surface area contributed by atoms with E-state index in [-0.39, 0.29) is 54.7 Å². The van der Waals surface area contributed by atoms with Gasteiger partial charge in [0.05, 0.1) is 50.5 Å². The van der Waals surface area contributed by atoms with Gasteiger partial charge in [-0.05, 0) is 0 Å². The number of hydrogen-bond donors (Lipinski definition) is 6. The number of ether oxygens (including phenoxy) is 3. The van der Waals surface area contributed by atoms with E-state index in [0.29, 0.717) is 22.6 Å². The van der Waals surface area contributed by atoms with Crippen molar-refractivity contribution < 1.29 is 61.4 Å². The van der Waals surface area contributed by atoms with Gasteiger partial charge in [-0.25, -0.2) is 39.9 Å². The van der Waals surface area contributed by atoms with Crippen molar-refractivity contribution in [3.8, 4) is 0 Å². The third-order valence-corrected chi connectivity index (χ3v) is 14.3. The first-order chi connectivity index (χ1) is 30.5. The minimum atomic E-state index is -4.44. The highest BCUT2D eigenvalue weighted by atomic mass is 32.7. The summed E-state index contributed by atoms with van der Waals surface area (Å²) in [6, 6.07) is 0. The number of nitrogens with one attached hydrogen (secondary N) is 1. The fraction of sp³-hybridized carbons (Fsp3) is 0.533. The smallest absolute Gasteiger partial charge is 0.372 e. The average molecular weight is 1000 g/mol. The first-order valence-corrected chi connectivity index (χ1v) is 26.2. The normalized spacial score (nSPS) is 30.3. The number of hydrogen-bond acceptors (Lipinski definition) is 28. The number of nitrogens with zero attached hydrogens (tertiary/aromatic N) is 11. The molecule has 3 fully saturated rings. The molecule has 64 heavy (non-hydrogen) atoms. The molecule has 0 saturated carbocycles. The van der Waals surface area contributed by atoms with Gasteiger partial charge in [-0.1, -0.05) is 28.2 Å². The summed E-state index contributed by atoms with van der Waals surface area (Å²) in [5.74, 6) is 0.523. The van der Waals surface area contributed by atoms with Gasteiger partial charge in [-0.15, -0.1) is 0 Å². The van der Waals surface area contributed by atoms with Gasteiger partial charge in [0.15, 0.2) is 35.1 Å². The van der Waals surface area contributed by atoms with Crippen molar-refractivity contribution in [3.63, 3.8) is 0 Å². The average Bonchev–Trinajstić information content (AvgIpc) is 4.09. The molecule has 28 nitrogen and oxygen atoms in total. The summed E-state index contributed by atoms with van der Waals surface area (Å²) >= 11 is 15.3. The van der Waals surface area contributed by atoms with E-state index in [1.54, 1.807) is 4.57 Å². The standard InChI is InChI=1S/C30H38N15O13P3S3/c31-24-21-26(36-7-34-24)43(9-38-21)19-2-13(16(55-19)4-51-59(48)62)57-61(50,64)53-6-17-14(3-20(56-17)44-10-39-22-25(32)35-8-37-27(22)44)58-60(49,63)52-5-15-12(46)1-18(54-15)45-11-40-23-28(45)41-30(33)42-29(23)47/h7-20,29,46-47H,1-6H2,(H,49,63)(H,50,64)(H2,31,34,36)(H2,32,35,37)(H3,33,41,42)/p-2/t12-,13-,14-,15+,16+,17+,18+,19+,20+,29?,60?,61?/m0/s1. The lowest BCUT2D eigenvalue weighted by Crippen LogP contribution is -2.33. The summed E-state index contributed by atoms with van der Waals surface area (Å²) in [5, 5.41) is 23.9. The maximum atomic E-state index is 13.9. The number of nitrogen functional groups attached to an aromatic ring is 2. The first-order valence-electron chi connectivity index (χ1n) is 18.9. The third-order valence-electron chi connectivity index (χ3n) is 10.5. The first kappa shape index (κ1) is 45.6. The van der Waals surface area contributed by atoms with Crippen molar-refractivity contribution in [3.05, 3.63) is 37.3 Å². The summed E-state index contributed by atoms with van der Waals surface area (Å²) in [7, 11) is -2.46. The van der Waals surface area contributed by atoms with Crippen molar-refractivity contribution >= 4 is 102 Å². The highest BCUT2D eigenvalue weighted by Gasteiger charge is 2.44. The van der Waals surface area contributed by atoms with E-state index < -0.39 is 95.4 Å². The second kappa shape index (κ2) is 18.3. The number of anilines is 3. The zero-order chi connectivity index (χ0) is 45.1. The van der Waals surface area contributed by atoms with Gasteiger partial charge in [0.1, 0.15) is 92.2 Å². The quantitative estimate of drug-likeness (QED) is 0.0503. The predicted octanol–water partition coefficient (Wildman–Crippen LogP) is -1.12. The zero-order valence-electron chi connectivity index (χ0n) is 32.5. The lowest BCUT2D eigenvalue weighted by Gasteiger charge is -2.35. The van der Waals surface area contributed by atoms with E-state index in [9.17, 15) is 24.6 Å². The van der Waals surface area contributed by atoms with Gasteiger partial charge in [0.2, 0.25) is 0 Å². The van der Waals surface area contributed by atoms with Gasteiger partial charge >= 0.3 is 7.23 Å². The van der Waals surface area contributed by atoms with Gasteiger partial charge in [0.25, 0.3) is 0 Å². The number of fused-ring (bicyclic) bond motifs is 3. The van der Waals surface area contributed by atoms with Crippen LogP contribution < -0.4 is 32.3 Å². The van der Waals surface area contributed by atoms with Crippen LogP contribution in [-0.2, 0) is 77.3 Å². The number of aliphatic hydroxyl groups excluding tert-OH is 2. The molecule has 5 aromatic heterocycles. The van der Waals surface area contributed by atoms with Crippen LogP contribution in [0.15, 0.2) is 36.6 Å². The largest absolute Gasteiger partial charge is 0.780 e. The maximum absolute atomic E-state index is 13.9. The molecule has 4 aliphatic rings. The summed E-state index contributed by atoms with van der Waals surface area (Å²) in [6.45, 7) is -10.2. The van der Waals surface area contributed by atoms with Crippen LogP contribution in [-0.4, -0.2) is 121 Å². The Kier molecular flexibility index (Phi) is 13.0. The van der Waals surface area contributed by atoms with Gasteiger partial charge < -0.3 is 87.1 Å². The molecule has 0 amide bonds. The molecular weight excluding hydrogens is 968 g/mol. The SMILES string of the molecule is NC1=NC(O)c2ncn([C@H]3C[C@H](O)[C@@H](COP([O-])(=S)O[C@H]4C[C@H](n5cnc6c(N)ncnc65)O[C@@H]4COP([O-])(=S)O[C@H]4C[C@H](n5cnc6c(N)ncnc65)O[C@@H]4CO[P+](=O)[S-])O3)c2N1. The number of aromatic nitrogens is 10. The molecule has 0 aliphatic carbocycles. The maximum Gasteiger partial charge on any atom is 0.372 e. The Morgan fingerprint density at radius 2 is 1.27 bits per heavy atom. The molecule has 13 atom stereocenters. The van der Waals surface area contributed by atoms with Crippen LogP contribution in [0.5, 0.6) is 0 Å².